The van der Waals surface area contributed by atoms with E-state index < -0.39 is 0 Å². The molecule has 0 spiro atoms. The summed E-state index contributed by atoms with van der Waals surface area (Å²) in [7, 11) is 2.06. The zero-order valence-electron chi connectivity index (χ0n) is 8.94. The van der Waals surface area contributed by atoms with Crippen molar-refractivity contribution in [1.82, 2.24) is 10.2 Å². The number of nitrogens with one attached hydrogen (secondary N) is 1. The van der Waals surface area contributed by atoms with Crippen LogP contribution in [-0.2, 0) is 11.2 Å². The summed E-state index contributed by atoms with van der Waals surface area (Å²) >= 11 is 0. The van der Waals surface area contributed by atoms with Crippen molar-refractivity contribution < 1.29 is 4.79 Å². The first-order chi connectivity index (χ1) is 7.24. The van der Waals surface area contributed by atoms with Crippen LogP contribution >= 0.6 is 0 Å². The third kappa shape index (κ3) is 2.80. The van der Waals surface area contributed by atoms with Gasteiger partial charge in [-0.15, -0.1) is 0 Å². The molecule has 1 aromatic carbocycles. The molecule has 1 aromatic rings. The molecule has 0 atom stereocenters. The highest BCUT2D eigenvalue weighted by Crippen LogP contribution is 2.05. The fourth-order valence-corrected chi connectivity index (χ4v) is 1.85. The van der Waals surface area contributed by atoms with E-state index in [9.17, 15) is 4.79 Å². The largest absolute Gasteiger partial charge is 0.351 e. The fourth-order valence-electron chi connectivity index (χ4n) is 1.85. The fraction of sp³-hybridized carbons (Fsp3) is 0.417. The maximum atomic E-state index is 11.6. The molecule has 15 heavy (non-hydrogen) atoms. The van der Waals surface area contributed by atoms with Crippen LogP contribution in [0.4, 0.5) is 0 Å². The third-order valence-corrected chi connectivity index (χ3v) is 2.64. The van der Waals surface area contributed by atoms with Gasteiger partial charge in [0.15, 0.2) is 0 Å². The summed E-state index contributed by atoms with van der Waals surface area (Å²) in [5, 5.41) is 3.01. The van der Waals surface area contributed by atoms with Crippen LogP contribution in [0.25, 0.3) is 0 Å². The summed E-state index contributed by atoms with van der Waals surface area (Å²) in [6.45, 7) is 1.95. The monoisotopic (exact) mass is 204 g/mol. The molecule has 3 heteroatoms. The molecule has 1 aliphatic heterocycles. The average Bonchev–Trinajstić information content (AvgIpc) is 2.17. The molecule has 1 aliphatic rings. The van der Waals surface area contributed by atoms with Gasteiger partial charge in [-0.25, -0.2) is 0 Å². The summed E-state index contributed by atoms with van der Waals surface area (Å²) in [6.07, 6.45) is 0.487. The number of nitrogens with zero attached hydrogens (tertiary/aromatic N) is 1. The summed E-state index contributed by atoms with van der Waals surface area (Å²) in [5.74, 6) is 0.124. The van der Waals surface area contributed by atoms with E-state index in [1.54, 1.807) is 0 Å². The van der Waals surface area contributed by atoms with Crippen LogP contribution < -0.4 is 5.32 Å². The maximum absolute atomic E-state index is 11.6. The van der Waals surface area contributed by atoms with Crippen LogP contribution in [0.5, 0.6) is 0 Å². The van der Waals surface area contributed by atoms with Crippen LogP contribution in [0.2, 0.25) is 0 Å². The minimum atomic E-state index is 0.124. The molecular formula is C12H16N2O. The zero-order chi connectivity index (χ0) is 10.7. The lowest BCUT2D eigenvalue weighted by Gasteiger charge is -2.36. The Morgan fingerprint density at radius 3 is 2.67 bits per heavy atom. The van der Waals surface area contributed by atoms with Gasteiger partial charge in [-0.05, 0) is 12.6 Å². The van der Waals surface area contributed by atoms with Crippen molar-refractivity contribution in [3.05, 3.63) is 35.9 Å². The molecule has 2 rings (SSSR count). The minimum absolute atomic E-state index is 0.124. The first-order valence-corrected chi connectivity index (χ1v) is 5.26. The van der Waals surface area contributed by atoms with Gasteiger partial charge in [-0.3, -0.25) is 4.79 Å². The van der Waals surface area contributed by atoms with Gasteiger partial charge in [-0.1, -0.05) is 30.3 Å². The Labute approximate surface area is 90.1 Å². The van der Waals surface area contributed by atoms with Gasteiger partial charge in [0.25, 0.3) is 0 Å². The van der Waals surface area contributed by atoms with E-state index in [2.05, 4.69) is 17.3 Å². The second kappa shape index (κ2) is 4.45. The Hall–Kier alpha value is -1.35. The number of hydrogen-bond acceptors (Lipinski definition) is 2. The van der Waals surface area contributed by atoms with E-state index in [0.29, 0.717) is 12.5 Å². The molecule has 3 nitrogen and oxygen atoms in total. The average molecular weight is 204 g/mol. The number of hydrogen-bond donors (Lipinski definition) is 1. The molecule has 0 bridgehead atoms. The second-order valence-corrected chi connectivity index (χ2v) is 4.15. The Bertz CT molecular complexity index is 331. The lowest BCUT2D eigenvalue weighted by molar-refractivity contribution is -0.122. The predicted octanol–water partition coefficient (Wildman–Crippen LogP) is 0.659. The normalized spacial score (nSPS) is 17.1. The van der Waals surface area contributed by atoms with E-state index in [1.807, 2.05) is 30.3 Å². The first kappa shape index (κ1) is 10.2. The standard InChI is InChI=1S/C12H16N2O/c1-14-8-11(9-14)13-12(15)7-10-5-3-2-4-6-10/h2-6,11H,7-9H2,1H3,(H,13,15). The van der Waals surface area contributed by atoms with Crippen molar-refractivity contribution in [2.24, 2.45) is 0 Å². The van der Waals surface area contributed by atoms with E-state index in [1.165, 1.54) is 0 Å². The van der Waals surface area contributed by atoms with E-state index in [0.717, 1.165) is 18.7 Å². The first-order valence-electron chi connectivity index (χ1n) is 5.26. The number of likely N-dealkylation sites (tertiary alicyclic amines) is 1. The number of carbonyl (C=O) groups excluding carboxylic acids is 1. The minimum Gasteiger partial charge on any atom is -0.351 e. The van der Waals surface area contributed by atoms with Crippen molar-refractivity contribution in [1.29, 1.82) is 0 Å². The number of benzene rings is 1. The topological polar surface area (TPSA) is 32.3 Å². The zero-order valence-corrected chi connectivity index (χ0v) is 8.94. The Kier molecular flexibility index (Phi) is 3.02. The molecule has 1 N–H and O–H groups in total. The van der Waals surface area contributed by atoms with Crippen LogP contribution in [-0.4, -0.2) is 37.0 Å². The van der Waals surface area contributed by atoms with Crippen LogP contribution in [0.1, 0.15) is 5.56 Å². The van der Waals surface area contributed by atoms with Crippen molar-refractivity contribution in [2.75, 3.05) is 20.1 Å². The number of amides is 1. The van der Waals surface area contributed by atoms with Gasteiger partial charge < -0.3 is 10.2 Å². The molecule has 0 aromatic heterocycles. The second-order valence-electron chi connectivity index (χ2n) is 4.15. The van der Waals surface area contributed by atoms with Crippen LogP contribution in [0.15, 0.2) is 30.3 Å². The van der Waals surface area contributed by atoms with Crippen molar-refractivity contribution >= 4 is 5.91 Å². The van der Waals surface area contributed by atoms with E-state index in [4.69, 9.17) is 0 Å². The summed E-state index contributed by atoms with van der Waals surface area (Å²) in [4.78, 5) is 13.8. The summed E-state index contributed by atoms with van der Waals surface area (Å²) in [5.41, 5.74) is 1.07. The molecule has 1 heterocycles. The molecule has 0 aliphatic carbocycles. The number of likely N-dealkylation sites (N-methyl/N-ethyl adjacent to an activating group) is 1. The molecule has 80 valence electrons. The van der Waals surface area contributed by atoms with E-state index >= 15 is 0 Å². The lowest BCUT2D eigenvalue weighted by Crippen LogP contribution is -2.57. The van der Waals surface area contributed by atoms with Gasteiger partial charge in [0.1, 0.15) is 0 Å². The Morgan fingerprint density at radius 1 is 1.40 bits per heavy atom. The third-order valence-electron chi connectivity index (χ3n) is 2.64. The van der Waals surface area contributed by atoms with Gasteiger partial charge >= 0.3 is 0 Å². The molecule has 0 radical (unpaired) electrons. The van der Waals surface area contributed by atoms with Crippen molar-refractivity contribution in [3.8, 4) is 0 Å². The highest BCUT2D eigenvalue weighted by atomic mass is 16.1. The highest BCUT2D eigenvalue weighted by molar-refractivity contribution is 5.79. The maximum Gasteiger partial charge on any atom is 0.224 e. The van der Waals surface area contributed by atoms with Crippen molar-refractivity contribution in [3.63, 3.8) is 0 Å². The van der Waals surface area contributed by atoms with Gasteiger partial charge in [0.2, 0.25) is 5.91 Å². The number of rotatable bonds is 3. The quantitative estimate of drug-likeness (QED) is 0.784. The van der Waals surface area contributed by atoms with Crippen molar-refractivity contribution in [2.45, 2.75) is 12.5 Å². The lowest BCUT2D eigenvalue weighted by atomic mass is 10.1. The van der Waals surface area contributed by atoms with Crippen LogP contribution in [0, 0.1) is 0 Å². The van der Waals surface area contributed by atoms with Crippen LogP contribution in [0.3, 0.4) is 0 Å². The highest BCUT2D eigenvalue weighted by Gasteiger charge is 2.24. The predicted molar refractivity (Wildman–Crippen MR) is 59.6 cm³/mol. The molecule has 1 amide bonds. The van der Waals surface area contributed by atoms with E-state index in [-0.39, 0.29) is 5.91 Å². The van der Waals surface area contributed by atoms with Gasteiger partial charge in [0, 0.05) is 13.1 Å². The molecule has 1 fully saturated rings. The molecule has 0 saturated carbocycles. The molecule has 1 saturated heterocycles. The molecule has 0 unspecified atom stereocenters. The Morgan fingerprint density at radius 2 is 2.07 bits per heavy atom. The molecular weight excluding hydrogens is 188 g/mol. The summed E-state index contributed by atoms with van der Waals surface area (Å²) < 4.78 is 0. The SMILES string of the molecule is CN1CC(NC(=O)Cc2ccccc2)C1. The summed E-state index contributed by atoms with van der Waals surface area (Å²) in [6, 6.07) is 10.2. The Balaban J connectivity index is 1.78. The van der Waals surface area contributed by atoms with Gasteiger partial charge in [-0.2, -0.15) is 0 Å². The van der Waals surface area contributed by atoms with Gasteiger partial charge in [0.05, 0.1) is 12.5 Å². The number of carbonyl (C=O) groups is 1. The smallest absolute Gasteiger partial charge is 0.224 e.